The number of benzene rings is 1. The summed E-state index contributed by atoms with van der Waals surface area (Å²) < 4.78 is 1.26. The summed E-state index contributed by atoms with van der Waals surface area (Å²) in [6.07, 6.45) is -0.374. The molecule has 1 aliphatic heterocycles. The van der Waals surface area contributed by atoms with Crippen LogP contribution >= 0.6 is 11.3 Å². The highest BCUT2D eigenvalue weighted by Crippen LogP contribution is 2.33. The van der Waals surface area contributed by atoms with Gasteiger partial charge < -0.3 is 15.3 Å². The molecule has 2 heterocycles. The Morgan fingerprint density at radius 2 is 2.05 bits per heavy atom. The van der Waals surface area contributed by atoms with Crippen LogP contribution in [-0.4, -0.2) is 42.7 Å². The van der Waals surface area contributed by atoms with Crippen LogP contribution in [0.2, 0.25) is 0 Å². The molecular formula is C16H22N2OS. The van der Waals surface area contributed by atoms with Gasteiger partial charge in [0.25, 0.3) is 0 Å². The van der Waals surface area contributed by atoms with Gasteiger partial charge in [0.1, 0.15) is 0 Å². The topological polar surface area (TPSA) is 35.5 Å². The van der Waals surface area contributed by atoms with Crippen LogP contribution in [0.25, 0.3) is 10.1 Å². The molecule has 2 unspecified atom stereocenters. The number of nitrogens with one attached hydrogen (secondary N) is 1. The highest BCUT2D eigenvalue weighted by Gasteiger charge is 2.22. The molecule has 1 aromatic carbocycles. The van der Waals surface area contributed by atoms with Gasteiger partial charge in [0.05, 0.1) is 6.10 Å². The summed E-state index contributed by atoms with van der Waals surface area (Å²) in [7, 11) is 0. The van der Waals surface area contributed by atoms with Gasteiger partial charge in [0, 0.05) is 37.4 Å². The average molecular weight is 290 g/mol. The highest BCUT2D eigenvalue weighted by molar-refractivity contribution is 7.17. The van der Waals surface area contributed by atoms with Gasteiger partial charge in [-0.25, -0.2) is 0 Å². The Bertz CT molecular complexity index is 562. The van der Waals surface area contributed by atoms with E-state index in [2.05, 4.69) is 40.7 Å². The minimum Gasteiger partial charge on any atom is -0.388 e. The highest BCUT2D eigenvalue weighted by atomic mass is 32.1. The number of nitrogens with zero attached hydrogens (tertiary/aromatic N) is 1. The van der Waals surface area contributed by atoms with E-state index < -0.39 is 0 Å². The predicted molar refractivity (Wildman–Crippen MR) is 85.3 cm³/mol. The number of aliphatic hydroxyl groups excluding tert-OH is 1. The fraction of sp³-hybridized carbons (Fsp3) is 0.500. The van der Waals surface area contributed by atoms with Crippen LogP contribution in [0.15, 0.2) is 29.6 Å². The molecule has 2 atom stereocenters. The molecular weight excluding hydrogens is 268 g/mol. The Hall–Kier alpha value is -0.940. The molecule has 1 saturated heterocycles. The van der Waals surface area contributed by atoms with Crippen LogP contribution in [-0.2, 0) is 0 Å². The van der Waals surface area contributed by atoms with E-state index in [1.807, 2.05) is 6.07 Å². The fourth-order valence-electron chi connectivity index (χ4n) is 2.93. The van der Waals surface area contributed by atoms with E-state index in [1.165, 1.54) is 10.1 Å². The molecule has 0 amide bonds. The summed E-state index contributed by atoms with van der Waals surface area (Å²) >= 11 is 1.72. The summed E-state index contributed by atoms with van der Waals surface area (Å²) in [5.41, 5.74) is 1.09. The molecule has 3 rings (SSSR count). The Morgan fingerprint density at radius 3 is 2.85 bits per heavy atom. The van der Waals surface area contributed by atoms with Crippen molar-refractivity contribution in [2.24, 2.45) is 5.92 Å². The summed E-state index contributed by atoms with van der Waals surface area (Å²) in [6, 6.07) is 8.34. The summed E-state index contributed by atoms with van der Waals surface area (Å²) in [4.78, 5) is 2.44. The van der Waals surface area contributed by atoms with Crippen molar-refractivity contribution in [2.75, 3.05) is 32.7 Å². The summed E-state index contributed by atoms with van der Waals surface area (Å²) in [5.74, 6) is 0.256. The van der Waals surface area contributed by atoms with Gasteiger partial charge >= 0.3 is 0 Å². The predicted octanol–water partition coefficient (Wildman–Crippen LogP) is 2.48. The van der Waals surface area contributed by atoms with Crippen LogP contribution in [0.5, 0.6) is 0 Å². The quantitative estimate of drug-likeness (QED) is 0.908. The van der Waals surface area contributed by atoms with Crippen molar-refractivity contribution < 1.29 is 5.11 Å². The van der Waals surface area contributed by atoms with E-state index in [0.29, 0.717) is 0 Å². The van der Waals surface area contributed by atoms with Gasteiger partial charge in [-0.15, -0.1) is 11.3 Å². The number of fused-ring (bicyclic) bond motifs is 1. The van der Waals surface area contributed by atoms with Crippen LogP contribution in [0.1, 0.15) is 18.6 Å². The lowest BCUT2D eigenvalue weighted by Crippen LogP contribution is -2.45. The summed E-state index contributed by atoms with van der Waals surface area (Å²) in [6.45, 7) is 7.41. The molecule has 0 radical (unpaired) electrons. The lowest BCUT2D eigenvalue weighted by atomic mass is 9.96. The van der Waals surface area contributed by atoms with Crippen LogP contribution in [0, 0.1) is 5.92 Å². The SMILES string of the molecule is CC(CN1CCNCC1)C(O)c1csc2ccccc12. The van der Waals surface area contributed by atoms with Gasteiger partial charge in [-0.2, -0.15) is 0 Å². The molecule has 0 aliphatic carbocycles. The number of thiophene rings is 1. The monoisotopic (exact) mass is 290 g/mol. The van der Waals surface area contributed by atoms with Gasteiger partial charge in [-0.3, -0.25) is 0 Å². The van der Waals surface area contributed by atoms with E-state index in [9.17, 15) is 5.11 Å². The second-order valence-corrected chi connectivity index (χ2v) is 6.57. The third kappa shape index (κ3) is 2.88. The van der Waals surface area contributed by atoms with E-state index in [-0.39, 0.29) is 12.0 Å². The van der Waals surface area contributed by atoms with Crippen LogP contribution < -0.4 is 5.32 Å². The molecule has 108 valence electrons. The lowest BCUT2D eigenvalue weighted by molar-refractivity contribution is 0.0855. The number of aliphatic hydroxyl groups is 1. The number of rotatable bonds is 4. The van der Waals surface area contributed by atoms with Crippen molar-refractivity contribution in [2.45, 2.75) is 13.0 Å². The Balaban J connectivity index is 1.72. The molecule has 1 aromatic heterocycles. The van der Waals surface area contributed by atoms with Crippen molar-refractivity contribution >= 4 is 21.4 Å². The van der Waals surface area contributed by atoms with Crippen molar-refractivity contribution in [3.8, 4) is 0 Å². The molecule has 4 heteroatoms. The average Bonchev–Trinajstić information content (AvgIpc) is 2.91. The molecule has 3 nitrogen and oxygen atoms in total. The van der Waals surface area contributed by atoms with Gasteiger partial charge in [-0.1, -0.05) is 25.1 Å². The fourth-order valence-corrected chi connectivity index (χ4v) is 3.93. The first-order chi connectivity index (χ1) is 9.75. The maximum atomic E-state index is 10.7. The number of hydrogen-bond donors (Lipinski definition) is 2. The third-order valence-corrected chi connectivity index (χ3v) is 5.11. The number of hydrogen-bond acceptors (Lipinski definition) is 4. The van der Waals surface area contributed by atoms with Gasteiger partial charge in [0.2, 0.25) is 0 Å². The molecule has 2 aromatic rings. The second kappa shape index (κ2) is 6.22. The zero-order valence-corrected chi connectivity index (χ0v) is 12.7. The minimum atomic E-state index is -0.374. The van der Waals surface area contributed by atoms with Gasteiger partial charge in [0.15, 0.2) is 0 Å². The van der Waals surface area contributed by atoms with Crippen molar-refractivity contribution in [1.82, 2.24) is 10.2 Å². The van der Waals surface area contributed by atoms with E-state index in [1.54, 1.807) is 11.3 Å². The lowest BCUT2D eigenvalue weighted by Gasteiger charge is -2.31. The van der Waals surface area contributed by atoms with Crippen molar-refractivity contribution in [3.63, 3.8) is 0 Å². The Morgan fingerprint density at radius 1 is 1.30 bits per heavy atom. The van der Waals surface area contributed by atoms with Crippen molar-refractivity contribution in [1.29, 1.82) is 0 Å². The number of piperazine rings is 1. The first kappa shape index (κ1) is 14.0. The first-order valence-electron chi connectivity index (χ1n) is 7.33. The standard InChI is InChI=1S/C16H22N2OS/c1-12(10-18-8-6-17-7-9-18)16(19)14-11-20-15-5-3-2-4-13(14)15/h2-5,11-12,16-17,19H,6-10H2,1H3. The molecule has 1 fully saturated rings. The van der Waals surface area contributed by atoms with E-state index in [0.717, 1.165) is 38.3 Å². The normalized spacial score (nSPS) is 20.1. The smallest absolute Gasteiger partial charge is 0.0841 e. The third-order valence-electron chi connectivity index (χ3n) is 4.12. The zero-order chi connectivity index (χ0) is 13.9. The molecule has 0 bridgehead atoms. The minimum absolute atomic E-state index is 0.256. The Kier molecular flexibility index (Phi) is 4.36. The Labute approximate surface area is 124 Å². The molecule has 0 saturated carbocycles. The van der Waals surface area contributed by atoms with Crippen LogP contribution in [0.4, 0.5) is 0 Å². The van der Waals surface area contributed by atoms with E-state index in [4.69, 9.17) is 0 Å². The van der Waals surface area contributed by atoms with Crippen LogP contribution in [0.3, 0.4) is 0 Å². The van der Waals surface area contributed by atoms with Crippen molar-refractivity contribution in [3.05, 3.63) is 35.2 Å². The van der Waals surface area contributed by atoms with Gasteiger partial charge in [-0.05, 0) is 28.3 Å². The zero-order valence-electron chi connectivity index (χ0n) is 11.9. The molecule has 0 spiro atoms. The maximum absolute atomic E-state index is 10.7. The first-order valence-corrected chi connectivity index (χ1v) is 8.21. The largest absolute Gasteiger partial charge is 0.388 e. The van der Waals surface area contributed by atoms with E-state index >= 15 is 0 Å². The molecule has 20 heavy (non-hydrogen) atoms. The molecule has 2 N–H and O–H groups in total. The molecule has 1 aliphatic rings. The summed E-state index contributed by atoms with van der Waals surface area (Å²) in [5, 5.41) is 17.4. The second-order valence-electron chi connectivity index (χ2n) is 5.66. The maximum Gasteiger partial charge on any atom is 0.0841 e.